The van der Waals surface area contributed by atoms with Crippen LogP contribution < -0.4 is 4.74 Å². The van der Waals surface area contributed by atoms with Crippen LogP contribution in [0.2, 0.25) is 0 Å². The van der Waals surface area contributed by atoms with Gasteiger partial charge in [-0.15, -0.1) is 0 Å². The molecule has 4 aromatic rings. The van der Waals surface area contributed by atoms with Gasteiger partial charge in [0.15, 0.2) is 0 Å². The van der Waals surface area contributed by atoms with Crippen molar-refractivity contribution in [3.05, 3.63) is 83.9 Å². The number of hydrogen-bond acceptors (Lipinski definition) is 6. The van der Waals surface area contributed by atoms with Crippen LogP contribution in [0.5, 0.6) is 5.75 Å². The van der Waals surface area contributed by atoms with Crippen LogP contribution >= 0.6 is 0 Å². The minimum Gasteiger partial charge on any atom is -0.423 e. The van der Waals surface area contributed by atoms with Crippen molar-refractivity contribution in [1.82, 2.24) is 4.98 Å². The SMILES string of the molecule is COS(=O)(=O)C(F)(F)F.Cc1ccc2nc3ccccc3c(C(=O)Oc3ccccc3)c2c1. The number of benzene rings is 3. The fourth-order valence-electron chi connectivity index (χ4n) is 2.97. The summed E-state index contributed by atoms with van der Waals surface area (Å²) in [5.74, 6) is 0.166. The molecule has 10 heteroatoms. The van der Waals surface area contributed by atoms with Gasteiger partial charge in [-0.25, -0.2) is 9.78 Å². The molecule has 172 valence electrons. The molecule has 0 aliphatic carbocycles. The average Bonchev–Trinajstić information content (AvgIpc) is 2.77. The molecule has 1 heterocycles. The molecule has 3 aromatic carbocycles. The number of ether oxygens (including phenoxy) is 1. The number of nitrogens with zero attached hydrogens (tertiary/aromatic N) is 1. The van der Waals surface area contributed by atoms with Gasteiger partial charge in [-0.1, -0.05) is 48.0 Å². The van der Waals surface area contributed by atoms with Crippen molar-refractivity contribution in [3.8, 4) is 5.75 Å². The van der Waals surface area contributed by atoms with E-state index in [0.29, 0.717) is 18.4 Å². The monoisotopic (exact) mass is 477 g/mol. The smallest absolute Gasteiger partial charge is 0.423 e. The molecule has 0 spiro atoms. The number of carbonyl (C=O) groups excluding carboxylic acids is 1. The lowest BCUT2D eigenvalue weighted by molar-refractivity contribution is -0.0526. The maximum atomic E-state index is 12.9. The number of esters is 1. The summed E-state index contributed by atoms with van der Waals surface area (Å²) < 4.78 is 61.4. The van der Waals surface area contributed by atoms with E-state index in [2.05, 4.69) is 9.17 Å². The normalized spacial score (nSPS) is 11.7. The highest BCUT2D eigenvalue weighted by molar-refractivity contribution is 7.87. The van der Waals surface area contributed by atoms with Crippen LogP contribution in [-0.2, 0) is 14.3 Å². The van der Waals surface area contributed by atoms with Crippen LogP contribution in [0.25, 0.3) is 21.8 Å². The summed E-state index contributed by atoms with van der Waals surface area (Å²) in [6.07, 6.45) is 0. The number of aromatic nitrogens is 1. The van der Waals surface area contributed by atoms with Crippen LogP contribution in [0.3, 0.4) is 0 Å². The lowest BCUT2D eigenvalue weighted by Crippen LogP contribution is -2.23. The second-order valence-corrected chi connectivity index (χ2v) is 8.50. The van der Waals surface area contributed by atoms with Gasteiger partial charge >= 0.3 is 21.6 Å². The maximum absolute atomic E-state index is 12.9. The third-order valence-electron chi connectivity index (χ3n) is 4.50. The van der Waals surface area contributed by atoms with Gasteiger partial charge in [0.2, 0.25) is 0 Å². The highest BCUT2D eigenvalue weighted by Crippen LogP contribution is 2.28. The van der Waals surface area contributed by atoms with Crippen molar-refractivity contribution in [2.75, 3.05) is 7.11 Å². The van der Waals surface area contributed by atoms with Crippen molar-refractivity contribution in [3.63, 3.8) is 0 Å². The Bertz CT molecular complexity index is 1400. The highest BCUT2D eigenvalue weighted by Gasteiger charge is 2.46. The second-order valence-electron chi connectivity index (χ2n) is 6.79. The van der Waals surface area contributed by atoms with E-state index in [9.17, 15) is 26.4 Å². The Hall–Kier alpha value is -3.50. The third kappa shape index (κ3) is 5.47. The van der Waals surface area contributed by atoms with Crippen molar-refractivity contribution in [1.29, 1.82) is 0 Å². The minimum absolute atomic E-state index is 0.365. The summed E-state index contributed by atoms with van der Waals surface area (Å²) in [7, 11) is -4.89. The molecule has 0 aliphatic rings. The number of rotatable bonds is 3. The van der Waals surface area contributed by atoms with Gasteiger partial charge in [-0.05, 0) is 37.3 Å². The van der Waals surface area contributed by atoms with Crippen LogP contribution in [0.15, 0.2) is 72.8 Å². The molecule has 0 atom stereocenters. The first kappa shape index (κ1) is 24.1. The first-order chi connectivity index (χ1) is 15.5. The number of halogens is 3. The van der Waals surface area contributed by atoms with Crippen LogP contribution in [0.4, 0.5) is 13.2 Å². The number of aryl methyl sites for hydroxylation is 1. The lowest BCUT2D eigenvalue weighted by Gasteiger charge is -2.11. The molecule has 0 N–H and O–H groups in total. The summed E-state index contributed by atoms with van der Waals surface area (Å²) in [5, 5.41) is 1.62. The molecular weight excluding hydrogens is 459 g/mol. The fraction of sp³-hybridized carbons (Fsp3) is 0.130. The van der Waals surface area contributed by atoms with Gasteiger partial charge in [0, 0.05) is 10.8 Å². The number of carbonyl (C=O) groups is 1. The van der Waals surface area contributed by atoms with Gasteiger partial charge in [0.05, 0.1) is 23.7 Å². The predicted octanol–water partition coefficient (Wildman–Crippen LogP) is 5.40. The number of alkyl halides is 3. The summed E-state index contributed by atoms with van der Waals surface area (Å²) in [4.78, 5) is 17.6. The molecule has 6 nitrogen and oxygen atoms in total. The standard InChI is InChI=1S/C21H15NO2.C2H3F3O3S/c1-14-11-12-19-17(13-14)20(16-9-5-6-10-18(16)22-19)21(23)24-15-7-3-2-4-8-15;1-8-9(6,7)2(3,4)5/h2-13H,1H3;1H3. The molecule has 33 heavy (non-hydrogen) atoms. The zero-order valence-corrected chi connectivity index (χ0v) is 18.3. The summed E-state index contributed by atoms with van der Waals surface area (Å²) >= 11 is 0. The molecule has 0 aliphatic heterocycles. The van der Waals surface area contributed by atoms with E-state index >= 15 is 0 Å². The largest absolute Gasteiger partial charge is 0.523 e. The zero-order chi connectivity index (χ0) is 24.2. The summed E-state index contributed by atoms with van der Waals surface area (Å²) in [5.41, 5.74) is -2.09. The lowest BCUT2D eigenvalue weighted by atomic mass is 10.0. The van der Waals surface area contributed by atoms with Crippen LogP contribution in [-0.4, -0.2) is 32.0 Å². The van der Waals surface area contributed by atoms with Crippen molar-refractivity contribution in [2.45, 2.75) is 12.4 Å². The first-order valence-corrected chi connectivity index (χ1v) is 10.9. The molecule has 0 amide bonds. The Morgan fingerprint density at radius 2 is 1.48 bits per heavy atom. The van der Waals surface area contributed by atoms with E-state index in [-0.39, 0.29) is 5.97 Å². The quantitative estimate of drug-likeness (QED) is 0.129. The van der Waals surface area contributed by atoms with Crippen LogP contribution in [0.1, 0.15) is 15.9 Å². The van der Waals surface area contributed by atoms with E-state index in [0.717, 1.165) is 27.4 Å². The number of hydrogen-bond donors (Lipinski definition) is 0. The fourth-order valence-corrected chi connectivity index (χ4v) is 3.16. The maximum Gasteiger partial charge on any atom is 0.523 e. The molecule has 0 radical (unpaired) electrons. The number of pyridine rings is 1. The third-order valence-corrected chi connectivity index (χ3v) is 5.50. The van der Waals surface area contributed by atoms with Crippen molar-refractivity contribution < 1.29 is 35.3 Å². The second kappa shape index (κ2) is 9.55. The molecule has 1 aromatic heterocycles. The van der Waals surface area contributed by atoms with Gasteiger partial charge in [-0.3, -0.25) is 4.18 Å². The van der Waals surface area contributed by atoms with E-state index in [4.69, 9.17) is 4.74 Å². The van der Waals surface area contributed by atoms with Gasteiger partial charge in [0.25, 0.3) is 0 Å². The zero-order valence-electron chi connectivity index (χ0n) is 17.5. The molecule has 0 bridgehead atoms. The van der Waals surface area contributed by atoms with Crippen LogP contribution in [0, 0.1) is 6.92 Å². The Balaban J connectivity index is 0.000000292. The number of fused-ring (bicyclic) bond motifs is 2. The van der Waals surface area contributed by atoms with Gasteiger partial charge < -0.3 is 4.74 Å². The Morgan fingerprint density at radius 3 is 2.09 bits per heavy atom. The highest BCUT2D eigenvalue weighted by atomic mass is 32.2. The van der Waals surface area contributed by atoms with Crippen molar-refractivity contribution in [2.24, 2.45) is 0 Å². The first-order valence-electron chi connectivity index (χ1n) is 9.46. The van der Waals surface area contributed by atoms with Crippen molar-refractivity contribution >= 4 is 37.9 Å². The average molecular weight is 477 g/mol. The molecular formula is C23H18F3NO5S. The molecule has 0 unspecified atom stereocenters. The molecule has 0 saturated heterocycles. The van der Waals surface area contributed by atoms with Gasteiger partial charge in [0.1, 0.15) is 5.75 Å². The molecule has 4 rings (SSSR count). The van der Waals surface area contributed by atoms with E-state index < -0.39 is 15.6 Å². The van der Waals surface area contributed by atoms with E-state index in [1.54, 1.807) is 12.1 Å². The summed E-state index contributed by atoms with van der Waals surface area (Å²) in [6.45, 7) is 2.00. The topological polar surface area (TPSA) is 82.6 Å². The predicted molar refractivity (Wildman–Crippen MR) is 117 cm³/mol. The minimum atomic E-state index is -5.34. The van der Waals surface area contributed by atoms with Gasteiger partial charge in [-0.2, -0.15) is 21.6 Å². The number of para-hydroxylation sites is 2. The Morgan fingerprint density at radius 1 is 0.879 bits per heavy atom. The molecule has 0 fully saturated rings. The Labute approximate surface area is 187 Å². The Kier molecular flexibility index (Phi) is 6.99. The summed E-state index contributed by atoms with van der Waals surface area (Å²) in [6, 6.07) is 22.7. The van der Waals surface area contributed by atoms with E-state index in [1.165, 1.54) is 0 Å². The van der Waals surface area contributed by atoms with E-state index in [1.807, 2.05) is 67.6 Å². The molecule has 0 saturated carbocycles.